The van der Waals surface area contributed by atoms with Gasteiger partial charge in [-0.1, -0.05) is 24.6 Å². The van der Waals surface area contributed by atoms with E-state index in [1.54, 1.807) is 23.1 Å². The van der Waals surface area contributed by atoms with Crippen LogP contribution >= 0.6 is 11.6 Å². The molecular formula is C16H22ClN3O2. The predicted octanol–water partition coefficient (Wildman–Crippen LogP) is 2.14. The van der Waals surface area contributed by atoms with E-state index in [0.717, 1.165) is 25.2 Å². The average Bonchev–Trinajstić information content (AvgIpc) is 2.52. The minimum Gasteiger partial charge on any atom is -0.340 e. The molecule has 6 heteroatoms. The second-order valence-electron chi connectivity index (χ2n) is 5.45. The van der Waals surface area contributed by atoms with E-state index in [1.807, 2.05) is 6.92 Å². The Morgan fingerprint density at radius 1 is 1.23 bits per heavy atom. The molecule has 1 heterocycles. The molecule has 0 atom stereocenters. The summed E-state index contributed by atoms with van der Waals surface area (Å²) in [5.74, 6) is -0.416. The molecule has 120 valence electrons. The number of anilines is 1. The lowest BCUT2D eigenvalue weighted by atomic mass is 10.2. The SMILES string of the molecule is CCN1CCN(C(=O)CC(=O)Nc2cccc(Cl)c2C)CC1. The number of nitrogens with one attached hydrogen (secondary N) is 1. The normalized spacial score (nSPS) is 15.7. The van der Waals surface area contributed by atoms with E-state index < -0.39 is 0 Å². The fourth-order valence-corrected chi connectivity index (χ4v) is 2.67. The molecule has 0 radical (unpaired) electrons. The molecule has 1 aromatic carbocycles. The molecule has 0 aliphatic carbocycles. The van der Waals surface area contributed by atoms with Crippen LogP contribution in [-0.2, 0) is 9.59 Å². The molecule has 0 saturated carbocycles. The van der Waals surface area contributed by atoms with Crippen LogP contribution in [0.25, 0.3) is 0 Å². The van der Waals surface area contributed by atoms with Gasteiger partial charge in [-0.25, -0.2) is 0 Å². The minimum absolute atomic E-state index is 0.118. The second kappa shape index (κ2) is 7.61. The lowest BCUT2D eigenvalue weighted by Crippen LogP contribution is -2.49. The second-order valence-corrected chi connectivity index (χ2v) is 5.86. The highest BCUT2D eigenvalue weighted by molar-refractivity contribution is 6.31. The standard InChI is InChI=1S/C16H22ClN3O2/c1-3-19-7-9-20(10-8-19)16(22)11-15(21)18-14-6-4-5-13(17)12(14)2/h4-6H,3,7-11H2,1-2H3,(H,18,21). The highest BCUT2D eigenvalue weighted by Gasteiger charge is 2.22. The first-order chi connectivity index (χ1) is 10.5. The van der Waals surface area contributed by atoms with Crippen molar-refractivity contribution in [1.82, 2.24) is 9.80 Å². The Bertz CT molecular complexity index is 554. The highest BCUT2D eigenvalue weighted by Crippen LogP contribution is 2.23. The van der Waals surface area contributed by atoms with Crippen LogP contribution in [-0.4, -0.2) is 54.3 Å². The molecule has 1 N–H and O–H groups in total. The Balaban J connectivity index is 1.87. The summed E-state index contributed by atoms with van der Waals surface area (Å²) in [5, 5.41) is 3.36. The fourth-order valence-electron chi connectivity index (χ4n) is 2.50. The van der Waals surface area contributed by atoms with Gasteiger partial charge >= 0.3 is 0 Å². The summed E-state index contributed by atoms with van der Waals surface area (Å²) in [4.78, 5) is 28.3. The zero-order valence-corrected chi connectivity index (χ0v) is 13.8. The van der Waals surface area contributed by atoms with E-state index in [0.29, 0.717) is 23.8 Å². The van der Waals surface area contributed by atoms with E-state index >= 15 is 0 Å². The molecule has 1 aliphatic rings. The van der Waals surface area contributed by atoms with Gasteiger partial charge in [0.2, 0.25) is 11.8 Å². The molecule has 1 aromatic rings. The van der Waals surface area contributed by atoms with Crippen molar-refractivity contribution in [3.63, 3.8) is 0 Å². The van der Waals surface area contributed by atoms with Gasteiger partial charge < -0.3 is 15.1 Å². The van der Waals surface area contributed by atoms with Crippen molar-refractivity contribution >= 4 is 29.1 Å². The first kappa shape index (κ1) is 16.8. The van der Waals surface area contributed by atoms with Gasteiger partial charge in [-0.15, -0.1) is 0 Å². The number of carbonyl (C=O) groups excluding carboxylic acids is 2. The third kappa shape index (κ3) is 4.21. The van der Waals surface area contributed by atoms with E-state index in [1.165, 1.54) is 0 Å². The number of benzene rings is 1. The first-order valence-corrected chi connectivity index (χ1v) is 7.94. The van der Waals surface area contributed by atoms with Gasteiger partial charge in [0.1, 0.15) is 6.42 Å². The third-order valence-electron chi connectivity index (χ3n) is 4.03. The fraction of sp³-hybridized carbons (Fsp3) is 0.500. The van der Waals surface area contributed by atoms with Gasteiger partial charge in [0.25, 0.3) is 0 Å². The molecule has 1 saturated heterocycles. The number of hydrogen-bond donors (Lipinski definition) is 1. The quantitative estimate of drug-likeness (QED) is 0.864. The number of carbonyl (C=O) groups is 2. The molecular weight excluding hydrogens is 302 g/mol. The van der Waals surface area contributed by atoms with Crippen molar-refractivity contribution in [3.05, 3.63) is 28.8 Å². The number of piperazine rings is 1. The topological polar surface area (TPSA) is 52.7 Å². The highest BCUT2D eigenvalue weighted by atomic mass is 35.5. The molecule has 0 unspecified atom stereocenters. The largest absolute Gasteiger partial charge is 0.340 e. The first-order valence-electron chi connectivity index (χ1n) is 7.56. The van der Waals surface area contributed by atoms with Gasteiger partial charge in [-0.3, -0.25) is 9.59 Å². The molecule has 0 bridgehead atoms. The molecule has 0 aromatic heterocycles. The zero-order valence-electron chi connectivity index (χ0n) is 13.1. The molecule has 22 heavy (non-hydrogen) atoms. The maximum Gasteiger partial charge on any atom is 0.233 e. The zero-order chi connectivity index (χ0) is 16.1. The van der Waals surface area contributed by atoms with Crippen LogP contribution in [0.2, 0.25) is 5.02 Å². The number of likely N-dealkylation sites (N-methyl/N-ethyl adjacent to an activating group) is 1. The van der Waals surface area contributed by atoms with Crippen molar-refractivity contribution in [2.45, 2.75) is 20.3 Å². The molecule has 2 rings (SSSR count). The molecule has 0 spiro atoms. The Kier molecular flexibility index (Phi) is 5.80. The van der Waals surface area contributed by atoms with Gasteiger partial charge in [0.05, 0.1) is 0 Å². The van der Waals surface area contributed by atoms with Crippen LogP contribution < -0.4 is 5.32 Å². The van der Waals surface area contributed by atoms with Gasteiger partial charge in [0.15, 0.2) is 0 Å². The Labute approximate surface area is 136 Å². The number of amides is 2. The summed E-state index contributed by atoms with van der Waals surface area (Å²) >= 11 is 6.02. The van der Waals surface area contributed by atoms with Crippen LogP contribution in [0.15, 0.2) is 18.2 Å². The van der Waals surface area contributed by atoms with Crippen molar-refractivity contribution in [2.75, 3.05) is 38.0 Å². The van der Waals surface area contributed by atoms with Crippen LogP contribution in [0.4, 0.5) is 5.69 Å². The van der Waals surface area contributed by atoms with Crippen LogP contribution in [0, 0.1) is 6.92 Å². The van der Waals surface area contributed by atoms with E-state index in [-0.39, 0.29) is 18.2 Å². The summed E-state index contributed by atoms with van der Waals surface area (Å²) in [6.07, 6.45) is -0.127. The Morgan fingerprint density at radius 3 is 2.55 bits per heavy atom. The molecule has 5 nitrogen and oxygen atoms in total. The lowest BCUT2D eigenvalue weighted by molar-refractivity contribution is -0.136. The third-order valence-corrected chi connectivity index (χ3v) is 4.44. The van der Waals surface area contributed by atoms with E-state index in [4.69, 9.17) is 11.6 Å². The molecule has 1 fully saturated rings. The minimum atomic E-state index is -0.298. The van der Waals surface area contributed by atoms with Crippen molar-refractivity contribution < 1.29 is 9.59 Å². The van der Waals surface area contributed by atoms with Crippen molar-refractivity contribution in [3.8, 4) is 0 Å². The number of rotatable bonds is 4. The van der Waals surface area contributed by atoms with Gasteiger partial charge in [0, 0.05) is 36.9 Å². The monoisotopic (exact) mass is 323 g/mol. The van der Waals surface area contributed by atoms with Gasteiger partial charge in [-0.05, 0) is 31.2 Å². The van der Waals surface area contributed by atoms with Crippen molar-refractivity contribution in [1.29, 1.82) is 0 Å². The lowest BCUT2D eigenvalue weighted by Gasteiger charge is -2.34. The van der Waals surface area contributed by atoms with Crippen LogP contribution in [0.1, 0.15) is 18.9 Å². The van der Waals surface area contributed by atoms with Gasteiger partial charge in [-0.2, -0.15) is 0 Å². The summed E-state index contributed by atoms with van der Waals surface area (Å²) in [6.45, 7) is 8.07. The predicted molar refractivity (Wildman–Crippen MR) is 88.1 cm³/mol. The average molecular weight is 324 g/mol. The van der Waals surface area contributed by atoms with E-state index in [9.17, 15) is 9.59 Å². The summed E-state index contributed by atoms with van der Waals surface area (Å²) in [7, 11) is 0. The molecule has 2 amide bonds. The summed E-state index contributed by atoms with van der Waals surface area (Å²) in [5.41, 5.74) is 1.46. The van der Waals surface area contributed by atoms with Crippen molar-refractivity contribution in [2.24, 2.45) is 0 Å². The Hall–Kier alpha value is -1.59. The summed E-state index contributed by atoms with van der Waals surface area (Å²) < 4.78 is 0. The summed E-state index contributed by atoms with van der Waals surface area (Å²) in [6, 6.07) is 5.32. The number of nitrogens with zero attached hydrogens (tertiary/aromatic N) is 2. The van der Waals surface area contributed by atoms with Crippen LogP contribution in [0.3, 0.4) is 0 Å². The van der Waals surface area contributed by atoms with E-state index in [2.05, 4.69) is 17.1 Å². The number of hydrogen-bond acceptors (Lipinski definition) is 3. The maximum atomic E-state index is 12.2. The smallest absolute Gasteiger partial charge is 0.233 e. The number of halogens is 1. The maximum absolute atomic E-state index is 12.2. The van der Waals surface area contributed by atoms with Crippen LogP contribution in [0.5, 0.6) is 0 Å². The molecule has 1 aliphatic heterocycles. The Morgan fingerprint density at radius 2 is 1.91 bits per heavy atom.